The Morgan fingerprint density at radius 2 is 1.00 bits per heavy atom. The first-order valence-electron chi connectivity index (χ1n) is 3.62. The standard InChI is InChI=1S/C8H18AsCl/c1-7(2,3)9(10)8(4,5)6/h1-6H3. The van der Waals surface area contributed by atoms with Crippen molar-refractivity contribution in [3.8, 4) is 0 Å². The summed E-state index contributed by atoms with van der Waals surface area (Å²) in [5.74, 6) is 0. The zero-order chi connectivity index (χ0) is 8.58. The van der Waals surface area contributed by atoms with E-state index in [9.17, 15) is 0 Å². The van der Waals surface area contributed by atoms with Gasteiger partial charge in [0.1, 0.15) is 0 Å². The van der Waals surface area contributed by atoms with Crippen molar-refractivity contribution < 1.29 is 0 Å². The van der Waals surface area contributed by atoms with Gasteiger partial charge < -0.3 is 0 Å². The minimum atomic E-state index is -1.17. The summed E-state index contributed by atoms with van der Waals surface area (Å²) in [6, 6.07) is 0. The molecule has 0 spiro atoms. The van der Waals surface area contributed by atoms with E-state index < -0.39 is 13.7 Å². The molecule has 10 heavy (non-hydrogen) atoms. The number of hydrogen-bond acceptors (Lipinski definition) is 0. The van der Waals surface area contributed by atoms with Gasteiger partial charge in [-0.2, -0.15) is 0 Å². The van der Waals surface area contributed by atoms with Gasteiger partial charge in [0.2, 0.25) is 0 Å². The van der Waals surface area contributed by atoms with Crippen LogP contribution >= 0.6 is 9.95 Å². The number of rotatable bonds is 0. The predicted octanol–water partition coefficient (Wildman–Crippen LogP) is 3.82. The number of halogens is 1. The van der Waals surface area contributed by atoms with Gasteiger partial charge in [0.15, 0.2) is 0 Å². The van der Waals surface area contributed by atoms with Gasteiger partial charge in [0.25, 0.3) is 0 Å². The molecule has 0 heterocycles. The predicted molar refractivity (Wildman–Crippen MR) is 51.0 cm³/mol. The Kier molecular flexibility index (Phi) is 3.33. The molecule has 0 atom stereocenters. The Morgan fingerprint density at radius 3 is 1.00 bits per heavy atom. The van der Waals surface area contributed by atoms with E-state index in [1.54, 1.807) is 0 Å². The van der Waals surface area contributed by atoms with Gasteiger partial charge in [-0.25, -0.2) is 0 Å². The van der Waals surface area contributed by atoms with Crippen LogP contribution in [0.15, 0.2) is 0 Å². The third kappa shape index (κ3) is 3.30. The monoisotopic (exact) mass is 224 g/mol. The normalized spacial score (nSPS) is 14.4. The van der Waals surface area contributed by atoms with Crippen LogP contribution in [-0.2, 0) is 0 Å². The minimum absolute atomic E-state index is 0.354. The van der Waals surface area contributed by atoms with Crippen molar-refractivity contribution in [1.29, 1.82) is 0 Å². The molecule has 0 aromatic heterocycles. The summed E-state index contributed by atoms with van der Waals surface area (Å²) in [6.07, 6.45) is 0. The van der Waals surface area contributed by atoms with E-state index in [4.69, 9.17) is 9.95 Å². The number of hydrogen-bond donors (Lipinski definition) is 0. The second kappa shape index (κ2) is 3.07. The molecule has 0 radical (unpaired) electrons. The fourth-order valence-corrected chi connectivity index (χ4v) is 5.23. The van der Waals surface area contributed by atoms with Gasteiger partial charge in [-0.1, -0.05) is 0 Å². The van der Waals surface area contributed by atoms with Crippen LogP contribution in [0.2, 0.25) is 8.41 Å². The zero-order valence-corrected chi connectivity index (χ0v) is 10.5. The molecular weight excluding hydrogens is 206 g/mol. The second-order valence-corrected chi connectivity index (χ2v) is 13.2. The fraction of sp³-hybridized carbons (Fsp3) is 1.00. The van der Waals surface area contributed by atoms with Crippen molar-refractivity contribution in [2.45, 2.75) is 49.9 Å². The summed E-state index contributed by atoms with van der Waals surface area (Å²) in [4.78, 5) is 0. The topological polar surface area (TPSA) is 0 Å². The van der Waals surface area contributed by atoms with Gasteiger partial charge in [-0.05, 0) is 0 Å². The second-order valence-electron chi connectivity index (χ2n) is 4.62. The molecule has 2 heteroatoms. The van der Waals surface area contributed by atoms with Gasteiger partial charge in [-0.3, -0.25) is 0 Å². The Hall–Kier alpha value is 0.848. The molecule has 0 aliphatic rings. The van der Waals surface area contributed by atoms with Crippen molar-refractivity contribution in [3.05, 3.63) is 0 Å². The third-order valence-corrected chi connectivity index (χ3v) is 11.4. The third-order valence-electron chi connectivity index (χ3n) is 1.18. The molecular formula is C8H18AsCl. The average molecular weight is 225 g/mol. The van der Waals surface area contributed by atoms with E-state index in [0.29, 0.717) is 8.41 Å². The van der Waals surface area contributed by atoms with E-state index in [0.717, 1.165) is 0 Å². The molecule has 0 fully saturated rings. The van der Waals surface area contributed by atoms with Crippen LogP contribution in [0.3, 0.4) is 0 Å². The molecule has 0 aliphatic heterocycles. The maximum absolute atomic E-state index is 6.38. The molecule has 0 amide bonds. The van der Waals surface area contributed by atoms with Crippen LogP contribution in [0.1, 0.15) is 41.5 Å². The molecule has 62 valence electrons. The van der Waals surface area contributed by atoms with Crippen molar-refractivity contribution in [2.24, 2.45) is 0 Å². The molecule has 0 nitrogen and oxygen atoms in total. The summed E-state index contributed by atoms with van der Waals surface area (Å²) in [6.45, 7) is 13.4. The molecule has 0 aromatic rings. The van der Waals surface area contributed by atoms with Crippen LogP contribution in [0.25, 0.3) is 0 Å². The van der Waals surface area contributed by atoms with E-state index in [1.165, 1.54) is 0 Å². The van der Waals surface area contributed by atoms with E-state index >= 15 is 0 Å². The van der Waals surface area contributed by atoms with Crippen LogP contribution in [-0.4, -0.2) is 13.7 Å². The van der Waals surface area contributed by atoms with Crippen molar-refractivity contribution in [2.75, 3.05) is 0 Å². The van der Waals surface area contributed by atoms with Crippen LogP contribution < -0.4 is 0 Å². The Bertz CT molecular complexity index is 93.4. The summed E-state index contributed by atoms with van der Waals surface area (Å²) in [7, 11) is 6.38. The Balaban J connectivity index is 4.23. The summed E-state index contributed by atoms with van der Waals surface area (Å²) < 4.78 is 0.708. The molecule has 0 N–H and O–H groups in total. The summed E-state index contributed by atoms with van der Waals surface area (Å²) in [5.41, 5.74) is 0. The Labute approximate surface area is 73.8 Å². The van der Waals surface area contributed by atoms with E-state index in [-0.39, 0.29) is 0 Å². The molecule has 0 rings (SSSR count). The molecule has 0 bridgehead atoms. The van der Waals surface area contributed by atoms with Gasteiger partial charge >= 0.3 is 73.6 Å². The fourth-order valence-electron chi connectivity index (χ4n) is 1.01. The van der Waals surface area contributed by atoms with Crippen molar-refractivity contribution in [1.82, 2.24) is 0 Å². The molecule has 0 saturated heterocycles. The quantitative estimate of drug-likeness (QED) is 0.549. The maximum atomic E-state index is 6.38. The van der Waals surface area contributed by atoms with Gasteiger partial charge in [0, 0.05) is 0 Å². The SMILES string of the molecule is CC(C)(C)[As](Cl)C(C)(C)C. The molecule has 0 aromatic carbocycles. The van der Waals surface area contributed by atoms with Gasteiger partial charge in [0.05, 0.1) is 0 Å². The Morgan fingerprint density at radius 1 is 0.800 bits per heavy atom. The van der Waals surface area contributed by atoms with Crippen molar-refractivity contribution >= 4 is 23.7 Å². The van der Waals surface area contributed by atoms with Crippen molar-refractivity contribution in [3.63, 3.8) is 0 Å². The first-order valence-corrected chi connectivity index (χ1v) is 7.96. The summed E-state index contributed by atoms with van der Waals surface area (Å²) >= 11 is -1.17. The molecule has 0 unspecified atom stereocenters. The van der Waals surface area contributed by atoms with E-state index in [2.05, 4.69) is 41.5 Å². The van der Waals surface area contributed by atoms with Crippen LogP contribution in [0, 0.1) is 0 Å². The zero-order valence-electron chi connectivity index (χ0n) is 7.83. The molecule has 0 aliphatic carbocycles. The average Bonchev–Trinajstić information content (AvgIpc) is 1.59. The van der Waals surface area contributed by atoms with Gasteiger partial charge in [-0.15, -0.1) is 0 Å². The van der Waals surface area contributed by atoms with Crippen LogP contribution in [0.4, 0.5) is 0 Å². The first kappa shape index (κ1) is 10.8. The van der Waals surface area contributed by atoms with Crippen LogP contribution in [0.5, 0.6) is 0 Å². The molecule has 0 saturated carbocycles. The first-order chi connectivity index (χ1) is 4.15. The van der Waals surface area contributed by atoms with E-state index in [1.807, 2.05) is 0 Å². The summed E-state index contributed by atoms with van der Waals surface area (Å²) in [5, 5.41) is 0.